The van der Waals surface area contributed by atoms with Gasteiger partial charge in [0.2, 0.25) is 0 Å². The fourth-order valence-electron chi connectivity index (χ4n) is 9.55. The van der Waals surface area contributed by atoms with E-state index in [-0.39, 0.29) is 0 Å². The van der Waals surface area contributed by atoms with E-state index in [9.17, 15) is 0 Å². The van der Waals surface area contributed by atoms with Crippen molar-refractivity contribution in [3.05, 3.63) is 252 Å². The molecule has 11 rings (SSSR count). The van der Waals surface area contributed by atoms with Crippen LogP contribution in [-0.2, 0) is 0 Å². The highest BCUT2D eigenvalue weighted by Gasteiger charge is 2.24. The van der Waals surface area contributed by atoms with Gasteiger partial charge in [0.15, 0.2) is 0 Å². The van der Waals surface area contributed by atoms with Gasteiger partial charge in [-0.1, -0.05) is 182 Å². The molecule has 0 atom stereocenters. The van der Waals surface area contributed by atoms with Crippen LogP contribution < -0.4 is 9.80 Å². The smallest absolute Gasteiger partial charge is 0.0543 e. The highest BCUT2D eigenvalue weighted by Crippen LogP contribution is 2.50. The van der Waals surface area contributed by atoms with Gasteiger partial charge in [0, 0.05) is 33.5 Å². The molecule has 0 aliphatic carbocycles. The zero-order valence-electron chi connectivity index (χ0n) is 36.0. The molecular formula is C62H46N2. The quantitative estimate of drug-likeness (QED) is 0.0770. The lowest BCUT2D eigenvalue weighted by Crippen LogP contribution is -2.11. The number of anilines is 6. The van der Waals surface area contributed by atoms with E-state index in [1.54, 1.807) is 0 Å². The summed E-state index contributed by atoms with van der Waals surface area (Å²) in [5, 5.41) is 10.2. The van der Waals surface area contributed by atoms with Crippen LogP contribution in [0, 0.1) is 13.8 Å². The maximum Gasteiger partial charge on any atom is 0.0543 e. The molecule has 0 saturated carbocycles. The molecule has 0 radical (unpaired) electrons. The first-order chi connectivity index (χ1) is 31.6. The Morgan fingerprint density at radius 2 is 0.531 bits per heavy atom. The fraction of sp³-hybridized carbons (Fsp3) is 0.0323. The molecule has 0 aliphatic heterocycles. The fourth-order valence-corrected chi connectivity index (χ4v) is 9.55. The van der Waals surface area contributed by atoms with Crippen molar-refractivity contribution in [1.82, 2.24) is 0 Å². The average molecular weight is 819 g/mol. The summed E-state index contributed by atoms with van der Waals surface area (Å²) in [4.78, 5) is 4.84. The molecule has 0 aromatic heterocycles. The van der Waals surface area contributed by atoms with Crippen LogP contribution in [0.25, 0.3) is 67.4 Å². The van der Waals surface area contributed by atoms with Gasteiger partial charge in [-0.3, -0.25) is 0 Å². The van der Waals surface area contributed by atoms with Gasteiger partial charge < -0.3 is 9.80 Å². The van der Waals surface area contributed by atoms with Crippen LogP contribution in [0.5, 0.6) is 0 Å². The lowest BCUT2D eigenvalue weighted by Gasteiger charge is -2.30. The summed E-state index contributed by atoms with van der Waals surface area (Å²) < 4.78 is 0. The van der Waals surface area contributed by atoms with E-state index >= 15 is 0 Å². The minimum atomic E-state index is 1.11. The third-order valence-corrected chi connectivity index (χ3v) is 12.6. The van der Waals surface area contributed by atoms with E-state index in [1.807, 2.05) is 0 Å². The van der Waals surface area contributed by atoms with E-state index < -0.39 is 0 Å². The second-order valence-electron chi connectivity index (χ2n) is 16.6. The summed E-state index contributed by atoms with van der Waals surface area (Å²) in [5.41, 5.74) is 14.0. The van der Waals surface area contributed by atoms with Gasteiger partial charge in [-0.2, -0.15) is 0 Å². The standard InChI is InChI=1S/C62H46N2/c1-43-23-37-53-54-38-24-44(2)60-58(64(50-21-13-6-14-22-50)52-35-31-48(32-36-52)28-26-46-17-9-4-10-18-46)42-40-56(62(54)60)55-39-41-57(59(43)61(53)55)63(49-19-11-5-12-20-49)51-33-29-47(30-34-51)27-25-45-15-7-3-8-16-45/h3-42H,1-2H3/b27-25+,28-26+. The maximum absolute atomic E-state index is 2.42. The van der Waals surface area contributed by atoms with Gasteiger partial charge in [-0.15, -0.1) is 0 Å². The van der Waals surface area contributed by atoms with Gasteiger partial charge in [0.05, 0.1) is 11.4 Å². The van der Waals surface area contributed by atoms with Gasteiger partial charge in [-0.05, 0) is 140 Å². The van der Waals surface area contributed by atoms with Crippen LogP contribution in [0.2, 0.25) is 0 Å². The number of para-hydroxylation sites is 2. The molecule has 0 aliphatic rings. The summed E-state index contributed by atoms with van der Waals surface area (Å²) >= 11 is 0. The summed E-state index contributed by atoms with van der Waals surface area (Å²) in [6.07, 6.45) is 8.71. The highest BCUT2D eigenvalue weighted by molar-refractivity contribution is 6.36. The molecule has 11 aromatic rings. The number of fused-ring (bicyclic) bond motifs is 2. The van der Waals surface area contributed by atoms with Crippen molar-refractivity contribution in [3.8, 4) is 0 Å². The topological polar surface area (TPSA) is 6.48 Å². The number of hydrogen-bond acceptors (Lipinski definition) is 2. The third-order valence-electron chi connectivity index (χ3n) is 12.6. The van der Waals surface area contributed by atoms with Gasteiger partial charge >= 0.3 is 0 Å². The molecular weight excluding hydrogens is 773 g/mol. The third kappa shape index (κ3) is 7.06. The van der Waals surface area contributed by atoms with Crippen molar-refractivity contribution in [3.63, 3.8) is 0 Å². The lowest BCUT2D eigenvalue weighted by molar-refractivity contribution is 1.29. The van der Waals surface area contributed by atoms with Crippen molar-refractivity contribution in [1.29, 1.82) is 0 Å². The zero-order valence-corrected chi connectivity index (χ0v) is 36.0. The predicted octanol–water partition coefficient (Wildman–Crippen LogP) is 17.6. The monoisotopic (exact) mass is 818 g/mol. The summed E-state index contributed by atoms with van der Waals surface area (Å²) in [7, 11) is 0. The number of hydrogen-bond donors (Lipinski definition) is 0. The molecule has 0 amide bonds. The van der Waals surface area contributed by atoms with E-state index in [0.29, 0.717) is 0 Å². The van der Waals surface area contributed by atoms with Gasteiger partial charge in [0.1, 0.15) is 0 Å². The number of rotatable bonds is 10. The Hall–Kier alpha value is -8.20. The van der Waals surface area contributed by atoms with Crippen LogP contribution >= 0.6 is 0 Å². The normalized spacial score (nSPS) is 11.8. The molecule has 0 spiro atoms. The Bertz CT molecular complexity index is 3210. The minimum absolute atomic E-state index is 1.11. The molecule has 11 aromatic carbocycles. The number of benzene rings is 11. The molecule has 2 heteroatoms. The van der Waals surface area contributed by atoms with Gasteiger partial charge in [0.25, 0.3) is 0 Å². The van der Waals surface area contributed by atoms with Crippen molar-refractivity contribution >= 4 is 102 Å². The van der Waals surface area contributed by atoms with Crippen molar-refractivity contribution in [2.45, 2.75) is 13.8 Å². The van der Waals surface area contributed by atoms with Crippen LogP contribution in [0.15, 0.2) is 218 Å². The summed E-state index contributed by atoms with van der Waals surface area (Å²) in [5.74, 6) is 0. The van der Waals surface area contributed by atoms with Crippen molar-refractivity contribution in [2.75, 3.05) is 9.80 Å². The maximum atomic E-state index is 2.42. The lowest BCUT2D eigenvalue weighted by atomic mass is 9.86. The first-order valence-electron chi connectivity index (χ1n) is 22.1. The summed E-state index contributed by atoms with van der Waals surface area (Å²) in [6, 6.07) is 79.1. The predicted molar refractivity (Wildman–Crippen MR) is 277 cm³/mol. The molecule has 0 heterocycles. The largest absolute Gasteiger partial charge is 0.310 e. The van der Waals surface area contributed by atoms with Crippen molar-refractivity contribution < 1.29 is 0 Å². The second kappa shape index (κ2) is 16.6. The summed E-state index contributed by atoms with van der Waals surface area (Å²) in [6.45, 7) is 4.52. The molecule has 304 valence electrons. The Labute approximate surface area is 375 Å². The van der Waals surface area contributed by atoms with E-state index in [4.69, 9.17) is 0 Å². The first-order valence-corrected chi connectivity index (χ1v) is 22.1. The van der Waals surface area contributed by atoms with Crippen LogP contribution in [-0.4, -0.2) is 0 Å². The van der Waals surface area contributed by atoms with Crippen molar-refractivity contribution in [2.24, 2.45) is 0 Å². The molecule has 0 bridgehead atoms. The van der Waals surface area contributed by atoms with Gasteiger partial charge in [-0.25, -0.2) is 0 Å². The van der Waals surface area contributed by atoms with E-state index in [0.717, 1.165) is 45.3 Å². The Morgan fingerprint density at radius 3 is 0.875 bits per heavy atom. The Morgan fingerprint density at radius 1 is 0.250 bits per heavy atom. The zero-order chi connectivity index (χ0) is 43.0. The SMILES string of the molecule is Cc1ccc2c3ccc(C)c4c(N(c5ccccc5)c5ccc(/C=C/c6ccccc6)cc5)ccc(c5ccc(N(c6ccccc6)c6ccc(/C=C/c7ccccc7)cc6)c1c25)c43. The van der Waals surface area contributed by atoms with Crippen LogP contribution in [0.4, 0.5) is 34.1 Å². The molecule has 64 heavy (non-hydrogen) atoms. The Balaban J connectivity index is 1.07. The molecule has 0 saturated heterocycles. The van der Waals surface area contributed by atoms with E-state index in [1.165, 1.54) is 65.3 Å². The number of nitrogens with zero attached hydrogens (tertiary/aromatic N) is 2. The molecule has 0 fully saturated rings. The Kier molecular flexibility index (Phi) is 10.0. The average Bonchev–Trinajstić information content (AvgIpc) is 3.35. The highest BCUT2D eigenvalue weighted by atomic mass is 15.1. The molecule has 2 nitrogen and oxygen atoms in total. The second-order valence-corrected chi connectivity index (χ2v) is 16.6. The molecule has 0 N–H and O–H groups in total. The number of aryl methyl sites for hydroxylation is 2. The molecule has 0 unspecified atom stereocenters. The first kappa shape index (κ1) is 38.7. The van der Waals surface area contributed by atoms with Crippen LogP contribution in [0.3, 0.4) is 0 Å². The van der Waals surface area contributed by atoms with Crippen LogP contribution in [0.1, 0.15) is 33.4 Å². The van der Waals surface area contributed by atoms with E-state index in [2.05, 4.69) is 266 Å². The minimum Gasteiger partial charge on any atom is -0.310 e.